The van der Waals surface area contributed by atoms with E-state index < -0.39 is 11.9 Å². The number of H-pyrrole nitrogens is 1. The largest absolute Gasteiger partial charge is 0.469 e. The van der Waals surface area contributed by atoms with Crippen LogP contribution in [0.25, 0.3) is 17.1 Å². The summed E-state index contributed by atoms with van der Waals surface area (Å²) in [5, 5.41) is 10.3. The van der Waals surface area contributed by atoms with Crippen LogP contribution in [-0.4, -0.2) is 44.6 Å². The molecule has 3 N–H and O–H groups in total. The van der Waals surface area contributed by atoms with Gasteiger partial charge in [0.2, 0.25) is 5.91 Å². The van der Waals surface area contributed by atoms with Gasteiger partial charge in [0.1, 0.15) is 11.5 Å². The van der Waals surface area contributed by atoms with Gasteiger partial charge < -0.3 is 20.4 Å². The van der Waals surface area contributed by atoms with Crippen LogP contribution < -0.4 is 10.6 Å². The van der Waals surface area contributed by atoms with Crippen molar-refractivity contribution >= 4 is 35.1 Å². The summed E-state index contributed by atoms with van der Waals surface area (Å²) in [5.74, 6) is -1.35. The van der Waals surface area contributed by atoms with Crippen molar-refractivity contribution in [3.63, 3.8) is 0 Å². The van der Waals surface area contributed by atoms with E-state index in [2.05, 4.69) is 25.7 Å². The second-order valence-electron chi connectivity index (χ2n) is 10.3. The van der Waals surface area contributed by atoms with Gasteiger partial charge in [0.15, 0.2) is 5.82 Å². The first kappa shape index (κ1) is 29.0. The normalized spacial score (nSPS) is 16.9. The summed E-state index contributed by atoms with van der Waals surface area (Å²) in [6.07, 6.45) is 4.90. The second kappa shape index (κ2) is 12.2. The van der Waals surface area contributed by atoms with Gasteiger partial charge >= 0.3 is 5.97 Å². The lowest BCUT2D eigenvalue weighted by molar-refractivity contribution is -0.139. The smallest absolute Gasteiger partial charge is 0.309 e. The lowest BCUT2D eigenvalue weighted by atomic mass is 9.98. The van der Waals surface area contributed by atoms with E-state index in [1.807, 2.05) is 6.92 Å². The maximum Gasteiger partial charge on any atom is 0.309 e. The number of aromatic nitrogens is 4. The van der Waals surface area contributed by atoms with Crippen molar-refractivity contribution in [3.8, 4) is 17.1 Å². The predicted molar refractivity (Wildman–Crippen MR) is 155 cm³/mol. The molecule has 3 heterocycles. The molecule has 1 aliphatic rings. The number of aromatic amines is 1. The third-order valence-corrected chi connectivity index (χ3v) is 7.73. The zero-order valence-electron chi connectivity index (χ0n) is 23.3. The molecule has 12 heteroatoms. The van der Waals surface area contributed by atoms with Crippen molar-refractivity contribution in [3.05, 3.63) is 82.1 Å². The van der Waals surface area contributed by atoms with Crippen molar-refractivity contribution in [1.82, 2.24) is 25.1 Å². The Morgan fingerprint density at radius 1 is 1.21 bits per heavy atom. The molecule has 2 bridgehead atoms. The monoisotopic (exact) mass is 592 g/mol. The molecule has 1 aliphatic heterocycles. The quantitative estimate of drug-likeness (QED) is 0.269. The first-order valence-corrected chi connectivity index (χ1v) is 13.9. The Labute approximate surface area is 246 Å². The third-order valence-electron chi connectivity index (χ3n) is 7.44. The van der Waals surface area contributed by atoms with Crippen molar-refractivity contribution in [2.75, 3.05) is 12.4 Å². The fraction of sp³-hybridized carbons (Fsp3) is 0.300. The van der Waals surface area contributed by atoms with Crippen LogP contribution in [-0.2, 0) is 20.7 Å². The van der Waals surface area contributed by atoms with Crippen molar-refractivity contribution in [2.24, 2.45) is 5.92 Å². The molecule has 5 rings (SSSR count). The molecule has 0 saturated heterocycles. The summed E-state index contributed by atoms with van der Waals surface area (Å²) in [5.41, 5.74) is 3.42. The number of nitrogens with zero attached hydrogens (tertiary/aromatic N) is 3. The predicted octanol–water partition coefficient (Wildman–Crippen LogP) is 5.31. The van der Waals surface area contributed by atoms with Crippen LogP contribution in [0.4, 0.5) is 10.1 Å². The number of ether oxygens (including phenoxy) is 1. The van der Waals surface area contributed by atoms with Crippen LogP contribution in [0.15, 0.2) is 48.8 Å². The zero-order valence-corrected chi connectivity index (χ0v) is 24.1. The third kappa shape index (κ3) is 5.91. The van der Waals surface area contributed by atoms with E-state index in [1.165, 1.54) is 30.1 Å². The molecule has 2 aromatic heterocycles. The Morgan fingerprint density at radius 2 is 2.02 bits per heavy atom. The molecule has 4 aromatic rings. The fourth-order valence-electron chi connectivity index (χ4n) is 4.99. The van der Waals surface area contributed by atoms with E-state index in [1.54, 1.807) is 37.4 Å². The number of rotatable bonds is 5. The van der Waals surface area contributed by atoms with Gasteiger partial charge in [-0.2, -0.15) is 5.10 Å². The molecule has 0 fully saturated rings. The molecule has 0 unspecified atom stereocenters. The van der Waals surface area contributed by atoms with Gasteiger partial charge in [0, 0.05) is 11.5 Å². The Morgan fingerprint density at radius 3 is 2.81 bits per heavy atom. The maximum absolute atomic E-state index is 14.7. The molecule has 0 aliphatic carbocycles. The molecule has 42 heavy (non-hydrogen) atoms. The van der Waals surface area contributed by atoms with Crippen molar-refractivity contribution < 1.29 is 23.5 Å². The van der Waals surface area contributed by atoms with Gasteiger partial charge in [0.25, 0.3) is 5.91 Å². The summed E-state index contributed by atoms with van der Waals surface area (Å²) >= 11 is 5.95. The lowest BCUT2D eigenvalue weighted by Gasteiger charge is -2.20. The number of hydrogen-bond donors (Lipinski definition) is 3. The molecular weight excluding hydrogens is 563 g/mol. The molecule has 218 valence electrons. The Kier molecular flexibility index (Phi) is 8.39. The fourth-order valence-corrected chi connectivity index (χ4v) is 5.16. The summed E-state index contributed by atoms with van der Waals surface area (Å²) in [7, 11) is 1.33. The van der Waals surface area contributed by atoms with E-state index >= 15 is 0 Å². The van der Waals surface area contributed by atoms with Crippen LogP contribution in [0.3, 0.4) is 0 Å². The van der Waals surface area contributed by atoms with E-state index in [4.69, 9.17) is 16.3 Å². The number of carbonyl (C=O) groups excluding carboxylic acids is 3. The number of amides is 2. The number of imidazole rings is 1. The summed E-state index contributed by atoms with van der Waals surface area (Å²) in [4.78, 5) is 46.2. The summed E-state index contributed by atoms with van der Waals surface area (Å²) in [6.45, 7) is 3.53. The molecule has 2 amide bonds. The molecule has 10 nitrogen and oxygen atoms in total. The number of halogens is 2. The average Bonchev–Trinajstić information content (AvgIpc) is 3.60. The molecular formula is C30H30ClFN6O4. The minimum atomic E-state index is -0.627. The van der Waals surface area contributed by atoms with E-state index in [-0.39, 0.29) is 46.4 Å². The Balaban J connectivity index is 1.45. The van der Waals surface area contributed by atoms with Crippen LogP contribution in [0.5, 0.6) is 0 Å². The van der Waals surface area contributed by atoms with Crippen molar-refractivity contribution in [1.29, 1.82) is 0 Å². The van der Waals surface area contributed by atoms with Crippen LogP contribution >= 0.6 is 11.6 Å². The SMILES string of the molecule is COC(=O)Cc1ccc2c(c1)NC(=O)[C@H](C)CCC[C@@H](NC(=O)c1cnn(-c3cccc(Cl)c3F)c1C)c1cnc-2[nH]1. The van der Waals surface area contributed by atoms with Crippen LogP contribution in [0.2, 0.25) is 5.02 Å². The number of fused-ring (bicyclic) bond motifs is 4. The highest BCUT2D eigenvalue weighted by molar-refractivity contribution is 6.30. The number of esters is 1. The maximum atomic E-state index is 14.7. The molecule has 2 aromatic carbocycles. The number of benzene rings is 2. The molecule has 0 radical (unpaired) electrons. The second-order valence-corrected chi connectivity index (χ2v) is 10.7. The van der Waals surface area contributed by atoms with Crippen LogP contribution in [0.1, 0.15) is 59.5 Å². The van der Waals surface area contributed by atoms with Gasteiger partial charge in [-0.1, -0.05) is 37.1 Å². The van der Waals surface area contributed by atoms with Crippen LogP contribution in [0, 0.1) is 18.7 Å². The van der Waals surface area contributed by atoms with E-state index in [9.17, 15) is 18.8 Å². The van der Waals surface area contributed by atoms with Gasteiger partial charge in [0.05, 0.1) is 59.6 Å². The highest BCUT2D eigenvalue weighted by Crippen LogP contribution is 2.31. The molecule has 0 saturated carbocycles. The lowest BCUT2D eigenvalue weighted by Crippen LogP contribution is -2.29. The van der Waals surface area contributed by atoms with Crippen molar-refractivity contribution in [2.45, 2.75) is 45.6 Å². The Bertz CT molecular complexity index is 1670. The number of nitrogens with one attached hydrogen (secondary N) is 3. The summed E-state index contributed by atoms with van der Waals surface area (Å²) < 4.78 is 20.8. The highest BCUT2D eigenvalue weighted by Gasteiger charge is 2.25. The van der Waals surface area contributed by atoms with Gasteiger partial charge in [-0.15, -0.1) is 0 Å². The first-order chi connectivity index (χ1) is 20.2. The van der Waals surface area contributed by atoms with E-state index in [0.29, 0.717) is 53.3 Å². The Hall–Kier alpha value is -4.51. The molecule has 2 atom stereocenters. The van der Waals surface area contributed by atoms with Gasteiger partial charge in [-0.05, 0) is 49.6 Å². The van der Waals surface area contributed by atoms with Gasteiger partial charge in [-0.3, -0.25) is 14.4 Å². The topological polar surface area (TPSA) is 131 Å². The number of anilines is 1. The zero-order chi connectivity index (χ0) is 30.0. The summed E-state index contributed by atoms with van der Waals surface area (Å²) in [6, 6.07) is 9.46. The first-order valence-electron chi connectivity index (χ1n) is 13.5. The minimum Gasteiger partial charge on any atom is -0.469 e. The number of hydrogen-bond acceptors (Lipinski definition) is 6. The van der Waals surface area contributed by atoms with E-state index in [0.717, 1.165) is 0 Å². The standard InChI is InChI=1S/C30H30ClFN6O4/c1-16-6-4-8-22(36-30(41)20-14-34-38(17(20)2)25-9-5-7-21(31)27(25)32)24-15-33-28(35-24)19-11-10-18(13-26(39)42-3)12-23(19)37-29(16)40/h5,7,9-12,14-16,22H,4,6,8,13H2,1-3H3,(H,33,35)(H,36,41)(H,37,40)/t16-,22-/m1/s1. The number of carbonyl (C=O) groups is 3. The van der Waals surface area contributed by atoms with Gasteiger partial charge in [-0.25, -0.2) is 14.1 Å². The highest BCUT2D eigenvalue weighted by atomic mass is 35.5. The molecule has 0 spiro atoms. The number of methoxy groups -OCH3 is 1. The minimum absolute atomic E-state index is 0.0409. The average molecular weight is 593 g/mol.